The van der Waals surface area contributed by atoms with Crippen LogP contribution in [0.15, 0.2) is 59.7 Å². The maximum atomic E-state index is 12.6. The van der Waals surface area contributed by atoms with Crippen molar-refractivity contribution in [2.45, 2.75) is 33.1 Å². The second-order valence-corrected chi connectivity index (χ2v) is 6.38. The van der Waals surface area contributed by atoms with Gasteiger partial charge >= 0.3 is 0 Å². The van der Waals surface area contributed by atoms with Crippen molar-refractivity contribution in [1.82, 2.24) is 0 Å². The standard InChI is InChI=1S/C21H22O/c1-14(2)17-10-8-16(9-11-17)12-19-13-18-6-4-5-7-20(18)15(3)21(19)22/h4-8,12-13,17H,1,9-11H2,2-3H3/t17-/m1/s1. The molecule has 0 N–H and O–H groups in total. The van der Waals surface area contributed by atoms with Gasteiger partial charge < -0.3 is 0 Å². The molecule has 0 saturated carbocycles. The lowest BCUT2D eigenvalue weighted by Gasteiger charge is -2.21. The zero-order valence-electron chi connectivity index (χ0n) is 13.4. The van der Waals surface area contributed by atoms with Crippen LogP contribution in [0.5, 0.6) is 0 Å². The van der Waals surface area contributed by atoms with Gasteiger partial charge in [-0.15, -0.1) is 0 Å². The van der Waals surface area contributed by atoms with Crippen molar-refractivity contribution < 1.29 is 4.79 Å². The SMILES string of the molecule is C=C(C)[C@@H]1CC=C(C=C2C=c3ccccc3=C(C)C2=O)CC1. The van der Waals surface area contributed by atoms with Crippen LogP contribution < -0.4 is 10.4 Å². The third-order valence-electron chi connectivity index (χ3n) is 4.76. The molecular weight excluding hydrogens is 268 g/mol. The van der Waals surface area contributed by atoms with Crippen molar-refractivity contribution in [3.05, 3.63) is 70.2 Å². The molecular formula is C21H22O. The maximum Gasteiger partial charge on any atom is 0.189 e. The molecule has 1 aromatic carbocycles. The Bertz CT molecular complexity index is 818. The number of hydrogen-bond acceptors (Lipinski definition) is 1. The quantitative estimate of drug-likeness (QED) is 0.602. The minimum absolute atomic E-state index is 0.154. The molecule has 112 valence electrons. The second kappa shape index (κ2) is 5.92. The molecule has 0 heterocycles. The average molecular weight is 290 g/mol. The minimum Gasteiger partial charge on any atom is -0.289 e. The number of rotatable bonds is 2. The highest BCUT2D eigenvalue weighted by Gasteiger charge is 2.18. The van der Waals surface area contributed by atoms with Crippen LogP contribution in [0.2, 0.25) is 0 Å². The highest BCUT2D eigenvalue weighted by Crippen LogP contribution is 2.29. The third-order valence-corrected chi connectivity index (χ3v) is 4.76. The summed E-state index contributed by atoms with van der Waals surface area (Å²) in [6.45, 7) is 8.09. The summed E-state index contributed by atoms with van der Waals surface area (Å²) in [5.41, 5.74) is 4.21. The summed E-state index contributed by atoms with van der Waals surface area (Å²) in [5, 5.41) is 2.20. The summed E-state index contributed by atoms with van der Waals surface area (Å²) in [5.74, 6) is 0.754. The van der Waals surface area contributed by atoms with Gasteiger partial charge in [-0.3, -0.25) is 4.79 Å². The van der Waals surface area contributed by atoms with Gasteiger partial charge in [0.25, 0.3) is 0 Å². The number of hydrogen-bond donors (Lipinski definition) is 0. The Labute approximate surface area is 132 Å². The summed E-state index contributed by atoms with van der Waals surface area (Å²) in [7, 11) is 0. The molecule has 3 rings (SSSR count). The van der Waals surface area contributed by atoms with Crippen molar-refractivity contribution in [2.75, 3.05) is 0 Å². The molecule has 1 atom stereocenters. The van der Waals surface area contributed by atoms with Crippen molar-refractivity contribution in [1.29, 1.82) is 0 Å². The van der Waals surface area contributed by atoms with Gasteiger partial charge in [0.1, 0.15) is 0 Å². The number of carbonyl (C=O) groups is 1. The van der Waals surface area contributed by atoms with Crippen molar-refractivity contribution in [3.8, 4) is 0 Å². The fraction of sp³-hybridized carbons (Fsp3) is 0.286. The number of carbonyl (C=O) groups excluding carboxylic acids is 1. The molecule has 0 spiro atoms. The van der Waals surface area contributed by atoms with Crippen LogP contribution in [0.25, 0.3) is 11.6 Å². The van der Waals surface area contributed by atoms with Gasteiger partial charge in [0.05, 0.1) is 0 Å². The molecule has 0 aromatic heterocycles. The van der Waals surface area contributed by atoms with E-state index in [1.807, 2.05) is 31.2 Å². The lowest BCUT2D eigenvalue weighted by atomic mass is 9.84. The molecule has 0 fully saturated rings. The van der Waals surface area contributed by atoms with Crippen LogP contribution in [-0.2, 0) is 4.79 Å². The number of allylic oxidation sites excluding steroid dienone is 5. The van der Waals surface area contributed by atoms with E-state index in [4.69, 9.17) is 0 Å². The first-order valence-corrected chi connectivity index (χ1v) is 7.95. The van der Waals surface area contributed by atoms with E-state index in [1.165, 1.54) is 11.1 Å². The van der Waals surface area contributed by atoms with Gasteiger partial charge in [0.15, 0.2) is 5.78 Å². The fourth-order valence-corrected chi connectivity index (χ4v) is 3.28. The number of ketones is 1. The van der Waals surface area contributed by atoms with Gasteiger partial charge in [-0.25, -0.2) is 0 Å². The molecule has 1 heteroatoms. The molecule has 0 unspecified atom stereocenters. The number of benzene rings is 1. The average Bonchev–Trinajstić information content (AvgIpc) is 2.53. The third kappa shape index (κ3) is 2.76. The first kappa shape index (κ1) is 14.8. The molecule has 2 aliphatic carbocycles. The van der Waals surface area contributed by atoms with Crippen LogP contribution in [0.1, 0.15) is 33.1 Å². The lowest BCUT2D eigenvalue weighted by Crippen LogP contribution is -2.32. The highest BCUT2D eigenvalue weighted by atomic mass is 16.1. The Morgan fingerprint density at radius 2 is 2.09 bits per heavy atom. The summed E-state index contributed by atoms with van der Waals surface area (Å²) < 4.78 is 0. The van der Waals surface area contributed by atoms with Crippen molar-refractivity contribution in [2.24, 2.45) is 5.92 Å². The Morgan fingerprint density at radius 3 is 2.77 bits per heavy atom. The van der Waals surface area contributed by atoms with Crippen LogP contribution in [0.3, 0.4) is 0 Å². The van der Waals surface area contributed by atoms with Crippen LogP contribution >= 0.6 is 0 Å². The molecule has 1 nitrogen and oxygen atoms in total. The normalized spacial score (nSPS) is 22.9. The molecule has 22 heavy (non-hydrogen) atoms. The molecule has 0 radical (unpaired) electrons. The zero-order chi connectivity index (χ0) is 15.7. The molecule has 0 saturated heterocycles. The predicted molar refractivity (Wildman–Crippen MR) is 92.6 cm³/mol. The van der Waals surface area contributed by atoms with Crippen LogP contribution in [0, 0.1) is 5.92 Å². The van der Waals surface area contributed by atoms with Gasteiger partial charge in [-0.2, -0.15) is 0 Å². The van der Waals surface area contributed by atoms with Gasteiger partial charge in [-0.1, -0.05) is 48.1 Å². The van der Waals surface area contributed by atoms with Crippen molar-refractivity contribution in [3.63, 3.8) is 0 Å². The van der Waals surface area contributed by atoms with E-state index in [0.717, 1.165) is 40.8 Å². The molecule has 0 bridgehead atoms. The smallest absolute Gasteiger partial charge is 0.189 e. The van der Waals surface area contributed by atoms with E-state index in [0.29, 0.717) is 5.92 Å². The molecule has 2 aliphatic rings. The molecule has 0 amide bonds. The van der Waals surface area contributed by atoms with Crippen LogP contribution in [0.4, 0.5) is 0 Å². The molecule has 0 aliphatic heterocycles. The Balaban J connectivity index is 1.96. The summed E-state index contributed by atoms with van der Waals surface area (Å²) in [4.78, 5) is 12.6. The first-order valence-electron chi connectivity index (χ1n) is 7.95. The van der Waals surface area contributed by atoms with E-state index in [-0.39, 0.29) is 5.78 Å². The van der Waals surface area contributed by atoms with E-state index in [9.17, 15) is 4.79 Å². The van der Waals surface area contributed by atoms with Crippen molar-refractivity contribution >= 4 is 17.4 Å². The number of Topliss-reactive ketones (excluding diaryl/α,β-unsaturated/α-hetero) is 1. The lowest BCUT2D eigenvalue weighted by molar-refractivity contribution is -0.110. The Morgan fingerprint density at radius 1 is 1.32 bits per heavy atom. The van der Waals surface area contributed by atoms with E-state index >= 15 is 0 Å². The highest BCUT2D eigenvalue weighted by molar-refractivity contribution is 6.28. The maximum absolute atomic E-state index is 12.6. The van der Waals surface area contributed by atoms with E-state index in [1.54, 1.807) is 0 Å². The van der Waals surface area contributed by atoms with E-state index < -0.39 is 0 Å². The monoisotopic (exact) mass is 290 g/mol. The van der Waals surface area contributed by atoms with Gasteiger partial charge in [-0.05, 0) is 61.6 Å². The second-order valence-electron chi connectivity index (χ2n) is 6.38. The minimum atomic E-state index is 0.154. The Hall–Kier alpha value is -2.15. The largest absolute Gasteiger partial charge is 0.289 e. The van der Waals surface area contributed by atoms with E-state index in [2.05, 4.69) is 31.7 Å². The van der Waals surface area contributed by atoms with Gasteiger partial charge in [0, 0.05) is 11.1 Å². The van der Waals surface area contributed by atoms with Gasteiger partial charge in [0.2, 0.25) is 0 Å². The molecule has 1 aromatic rings. The topological polar surface area (TPSA) is 17.1 Å². The van der Waals surface area contributed by atoms with Crippen LogP contribution in [-0.4, -0.2) is 5.78 Å². The Kier molecular flexibility index (Phi) is 3.98. The number of fused-ring (bicyclic) bond motifs is 1. The summed E-state index contributed by atoms with van der Waals surface area (Å²) in [6, 6.07) is 8.10. The zero-order valence-corrected chi connectivity index (χ0v) is 13.4. The predicted octanol–water partition coefficient (Wildman–Crippen LogP) is 3.45. The first-order chi connectivity index (χ1) is 10.6. The summed E-state index contributed by atoms with van der Waals surface area (Å²) >= 11 is 0. The summed E-state index contributed by atoms with van der Waals surface area (Å²) in [6.07, 6.45) is 9.59. The fourth-order valence-electron chi connectivity index (χ4n) is 3.28.